The molecule has 0 aliphatic carbocycles. The normalized spacial score (nSPS) is 16.0. The Kier molecular flexibility index (Phi) is 11.0. The molecule has 1 aliphatic rings. The number of hydrogen-bond acceptors (Lipinski definition) is 6. The zero-order valence-electron chi connectivity index (χ0n) is 19.1. The SMILES string of the molecule is CCCCCCC[C@@H](C)Oc1ccc(/C=C2/SC(=S)N(CCC(=O)O)C2=O)cc1OCC. The van der Waals surface area contributed by atoms with Gasteiger partial charge < -0.3 is 14.6 Å². The Labute approximate surface area is 200 Å². The molecule has 0 radical (unpaired) electrons. The van der Waals surface area contributed by atoms with Crippen LogP contribution in [0, 0.1) is 0 Å². The van der Waals surface area contributed by atoms with Crippen LogP contribution in [0.25, 0.3) is 6.08 Å². The molecule has 1 amide bonds. The van der Waals surface area contributed by atoms with Crippen LogP contribution >= 0.6 is 24.0 Å². The summed E-state index contributed by atoms with van der Waals surface area (Å²) in [5, 5.41) is 8.87. The molecular formula is C24H33NO5S2. The number of nitrogens with zero attached hydrogens (tertiary/aromatic N) is 1. The maximum Gasteiger partial charge on any atom is 0.305 e. The van der Waals surface area contributed by atoms with Gasteiger partial charge in [-0.3, -0.25) is 14.5 Å². The molecular weight excluding hydrogens is 446 g/mol. The summed E-state index contributed by atoms with van der Waals surface area (Å²) in [6, 6.07) is 5.61. The average molecular weight is 480 g/mol. The Hall–Kier alpha value is -2.06. The number of carbonyl (C=O) groups is 2. The number of carbonyl (C=O) groups excluding carboxylic acids is 1. The van der Waals surface area contributed by atoms with Gasteiger partial charge in [-0.1, -0.05) is 62.7 Å². The molecule has 0 aromatic heterocycles. The molecule has 1 aromatic carbocycles. The van der Waals surface area contributed by atoms with Gasteiger partial charge in [0.15, 0.2) is 11.5 Å². The predicted molar refractivity (Wildman–Crippen MR) is 133 cm³/mol. The van der Waals surface area contributed by atoms with Crippen molar-refractivity contribution in [1.29, 1.82) is 0 Å². The zero-order chi connectivity index (χ0) is 23.5. The number of aliphatic carboxylic acids is 1. The quantitative estimate of drug-likeness (QED) is 0.203. The number of rotatable bonds is 14. The van der Waals surface area contributed by atoms with E-state index >= 15 is 0 Å². The van der Waals surface area contributed by atoms with E-state index in [1.807, 2.05) is 25.1 Å². The van der Waals surface area contributed by atoms with Crippen molar-refractivity contribution in [1.82, 2.24) is 4.90 Å². The smallest absolute Gasteiger partial charge is 0.305 e. The van der Waals surface area contributed by atoms with E-state index in [-0.39, 0.29) is 25.0 Å². The standard InChI is InChI=1S/C24H33NO5S2/c1-4-6-7-8-9-10-17(3)30-19-12-11-18(15-20(19)29-5-2)16-21-23(28)25(24(31)32-21)14-13-22(26)27/h11-12,15-17H,4-10,13-14H2,1-3H3,(H,26,27)/b21-16+/t17-/m1/s1. The molecule has 32 heavy (non-hydrogen) atoms. The summed E-state index contributed by atoms with van der Waals surface area (Å²) in [5.74, 6) is 0.103. The van der Waals surface area contributed by atoms with Crippen molar-refractivity contribution in [3.63, 3.8) is 0 Å². The number of hydrogen-bond donors (Lipinski definition) is 1. The predicted octanol–water partition coefficient (Wildman–Crippen LogP) is 5.89. The number of carboxylic acids is 1. The lowest BCUT2D eigenvalue weighted by Gasteiger charge is -2.18. The molecule has 0 saturated carbocycles. The van der Waals surface area contributed by atoms with Gasteiger partial charge in [-0.25, -0.2) is 0 Å². The second-order valence-corrected chi connectivity index (χ2v) is 9.42. The minimum atomic E-state index is -0.963. The van der Waals surface area contributed by atoms with Gasteiger partial charge in [-0.2, -0.15) is 0 Å². The van der Waals surface area contributed by atoms with Gasteiger partial charge in [0.2, 0.25) is 0 Å². The number of thioether (sulfide) groups is 1. The molecule has 0 unspecified atom stereocenters. The van der Waals surface area contributed by atoms with Gasteiger partial charge in [0.25, 0.3) is 5.91 Å². The molecule has 1 aliphatic heterocycles. The number of benzene rings is 1. The fraction of sp³-hybridized carbons (Fsp3) is 0.542. The van der Waals surface area contributed by atoms with Gasteiger partial charge in [0.1, 0.15) is 4.32 Å². The van der Waals surface area contributed by atoms with Crippen LogP contribution in [-0.2, 0) is 9.59 Å². The third-order valence-electron chi connectivity index (χ3n) is 5.03. The maximum atomic E-state index is 12.6. The second-order valence-electron chi connectivity index (χ2n) is 7.75. The summed E-state index contributed by atoms with van der Waals surface area (Å²) in [4.78, 5) is 25.2. The van der Waals surface area contributed by atoms with Crippen LogP contribution in [0.5, 0.6) is 11.5 Å². The minimum Gasteiger partial charge on any atom is -0.490 e. The summed E-state index contributed by atoms with van der Waals surface area (Å²) in [5.41, 5.74) is 0.798. The van der Waals surface area contributed by atoms with E-state index in [0.29, 0.717) is 27.3 Å². The maximum absolute atomic E-state index is 12.6. The number of unbranched alkanes of at least 4 members (excludes halogenated alkanes) is 4. The summed E-state index contributed by atoms with van der Waals surface area (Å²) in [7, 11) is 0. The highest BCUT2D eigenvalue weighted by atomic mass is 32.2. The lowest BCUT2D eigenvalue weighted by molar-refractivity contribution is -0.137. The fourth-order valence-electron chi connectivity index (χ4n) is 3.34. The fourth-order valence-corrected chi connectivity index (χ4v) is 4.65. The number of ether oxygens (including phenoxy) is 2. The third kappa shape index (κ3) is 8.13. The molecule has 0 bridgehead atoms. The lowest BCUT2D eigenvalue weighted by Crippen LogP contribution is -2.30. The number of amides is 1. The van der Waals surface area contributed by atoms with Gasteiger partial charge in [-0.15, -0.1) is 0 Å². The first-order valence-corrected chi connectivity index (χ1v) is 12.5. The van der Waals surface area contributed by atoms with Crippen molar-refractivity contribution in [3.8, 4) is 11.5 Å². The molecule has 0 spiro atoms. The van der Waals surface area contributed by atoms with Gasteiger partial charge in [-0.05, 0) is 50.5 Å². The van der Waals surface area contributed by atoms with E-state index < -0.39 is 5.97 Å². The lowest BCUT2D eigenvalue weighted by atomic mass is 10.1. The van der Waals surface area contributed by atoms with Crippen molar-refractivity contribution >= 4 is 46.3 Å². The molecule has 1 fully saturated rings. The molecule has 6 nitrogen and oxygen atoms in total. The topological polar surface area (TPSA) is 76.1 Å². The second kappa shape index (κ2) is 13.5. The van der Waals surface area contributed by atoms with E-state index in [9.17, 15) is 9.59 Å². The van der Waals surface area contributed by atoms with Crippen LogP contribution in [0.15, 0.2) is 23.1 Å². The molecule has 1 atom stereocenters. The van der Waals surface area contributed by atoms with Crippen LogP contribution in [0.1, 0.15) is 71.3 Å². The monoisotopic (exact) mass is 479 g/mol. The molecule has 8 heteroatoms. The minimum absolute atomic E-state index is 0.0741. The van der Waals surface area contributed by atoms with Crippen molar-refractivity contribution in [2.24, 2.45) is 0 Å². The summed E-state index contributed by atoms with van der Waals surface area (Å²) < 4.78 is 12.3. The van der Waals surface area contributed by atoms with E-state index in [1.165, 1.54) is 42.3 Å². The summed E-state index contributed by atoms with van der Waals surface area (Å²) in [6.07, 6.45) is 8.86. The highest BCUT2D eigenvalue weighted by molar-refractivity contribution is 8.26. The summed E-state index contributed by atoms with van der Waals surface area (Å²) in [6.45, 7) is 6.78. The molecule has 1 aromatic rings. The molecule has 1 saturated heterocycles. The highest BCUT2D eigenvalue weighted by Crippen LogP contribution is 2.35. The zero-order valence-corrected chi connectivity index (χ0v) is 20.7. The van der Waals surface area contributed by atoms with Crippen LogP contribution in [-0.4, -0.2) is 45.5 Å². The van der Waals surface area contributed by atoms with E-state index in [2.05, 4.69) is 13.8 Å². The first-order chi connectivity index (χ1) is 15.3. The Bertz CT molecular complexity index is 840. The van der Waals surface area contributed by atoms with Crippen molar-refractivity contribution in [3.05, 3.63) is 28.7 Å². The summed E-state index contributed by atoms with van der Waals surface area (Å²) >= 11 is 6.43. The van der Waals surface area contributed by atoms with Crippen molar-refractivity contribution < 1.29 is 24.2 Å². The molecule has 1 N–H and O–H groups in total. The highest BCUT2D eigenvalue weighted by Gasteiger charge is 2.32. The van der Waals surface area contributed by atoms with Crippen LogP contribution in [0.2, 0.25) is 0 Å². The van der Waals surface area contributed by atoms with Crippen LogP contribution in [0.3, 0.4) is 0 Å². The van der Waals surface area contributed by atoms with Gasteiger partial charge >= 0.3 is 5.97 Å². The van der Waals surface area contributed by atoms with Gasteiger partial charge in [0, 0.05) is 6.54 Å². The van der Waals surface area contributed by atoms with Crippen molar-refractivity contribution in [2.45, 2.75) is 71.8 Å². The molecule has 176 valence electrons. The number of carboxylic acid groups (broad SMARTS) is 1. The van der Waals surface area contributed by atoms with E-state index in [1.54, 1.807) is 6.08 Å². The Morgan fingerprint density at radius 2 is 1.97 bits per heavy atom. The van der Waals surface area contributed by atoms with Crippen molar-refractivity contribution in [2.75, 3.05) is 13.2 Å². The average Bonchev–Trinajstić information content (AvgIpc) is 3.00. The molecule has 1 heterocycles. The Morgan fingerprint density at radius 3 is 2.66 bits per heavy atom. The van der Waals surface area contributed by atoms with E-state index in [0.717, 1.165) is 18.4 Å². The van der Waals surface area contributed by atoms with E-state index in [4.69, 9.17) is 26.8 Å². The van der Waals surface area contributed by atoms with Gasteiger partial charge in [0.05, 0.1) is 24.0 Å². The first kappa shape index (κ1) is 26.2. The Morgan fingerprint density at radius 1 is 1.22 bits per heavy atom. The van der Waals surface area contributed by atoms with Crippen LogP contribution in [0.4, 0.5) is 0 Å². The van der Waals surface area contributed by atoms with Crippen LogP contribution < -0.4 is 9.47 Å². The third-order valence-corrected chi connectivity index (χ3v) is 6.41. The Balaban J connectivity index is 2.06. The largest absolute Gasteiger partial charge is 0.490 e. The first-order valence-electron chi connectivity index (χ1n) is 11.3. The number of thiocarbonyl (C=S) groups is 1. The molecule has 2 rings (SSSR count).